The van der Waals surface area contributed by atoms with Crippen LogP contribution in [0.4, 0.5) is 5.69 Å². The fraction of sp³-hybridized carbons (Fsp3) is 0.526. The Hall–Kier alpha value is -2.83. The Bertz CT molecular complexity index is 755. The summed E-state index contributed by atoms with van der Waals surface area (Å²) in [5.41, 5.74) is 0.546. The van der Waals surface area contributed by atoms with Crippen molar-refractivity contribution in [2.75, 3.05) is 51.4 Å². The van der Waals surface area contributed by atoms with Crippen LogP contribution in [0.3, 0.4) is 0 Å². The van der Waals surface area contributed by atoms with Gasteiger partial charge in [-0.05, 0) is 12.1 Å². The highest BCUT2D eigenvalue weighted by atomic mass is 16.7. The summed E-state index contributed by atoms with van der Waals surface area (Å²) in [6.45, 7) is 4.30. The first kappa shape index (κ1) is 19.9. The Morgan fingerprint density at radius 1 is 1.18 bits per heavy atom. The van der Waals surface area contributed by atoms with Crippen LogP contribution < -0.4 is 14.8 Å². The second-order valence-electron chi connectivity index (χ2n) is 6.91. The summed E-state index contributed by atoms with van der Waals surface area (Å²) in [6, 6.07) is 7.20. The van der Waals surface area contributed by atoms with Gasteiger partial charge in [-0.1, -0.05) is 0 Å². The minimum absolute atomic E-state index is 0.0988. The van der Waals surface area contributed by atoms with Gasteiger partial charge < -0.3 is 19.9 Å². The number of carboxylic acid groups (broad SMARTS) is 1. The van der Waals surface area contributed by atoms with Crippen molar-refractivity contribution in [1.29, 1.82) is 5.26 Å². The van der Waals surface area contributed by atoms with Crippen molar-refractivity contribution in [3.8, 4) is 17.6 Å². The maximum atomic E-state index is 12.3. The highest BCUT2D eigenvalue weighted by molar-refractivity contribution is 5.93. The molecular weight excluding hydrogens is 364 g/mol. The highest BCUT2D eigenvalue weighted by Crippen LogP contribution is 2.34. The molecule has 0 aliphatic carbocycles. The molecule has 0 radical (unpaired) electrons. The first-order valence-corrected chi connectivity index (χ1v) is 9.29. The second kappa shape index (κ2) is 9.39. The number of nitrogens with zero attached hydrogens (tertiary/aromatic N) is 3. The number of carboxylic acids is 1. The van der Waals surface area contributed by atoms with Gasteiger partial charge in [0.05, 0.1) is 12.0 Å². The zero-order valence-electron chi connectivity index (χ0n) is 15.6. The molecule has 9 heteroatoms. The van der Waals surface area contributed by atoms with Crippen molar-refractivity contribution in [3.05, 3.63) is 18.2 Å². The van der Waals surface area contributed by atoms with Crippen molar-refractivity contribution >= 4 is 17.6 Å². The van der Waals surface area contributed by atoms with Crippen LogP contribution in [-0.2, 0) is 9.59 Å². The Morgan fingerprint density at radius 3 is 2.61 bits per heavy atom. The van der Waals surface area contributed by atoms with Crippen LogP contribution in [-0.4, -0.2) is 72.8 Å². The molecule has 3 rings (SSSR count). The van der Waals surface area contributed by atoms with Crippen molar-refractivity contribution in [1.82, 2.24) is 9.80 Å². The molecule has 28 heavy (non-hydrogen) atoms. The number of benzene rings is 1. The molecule has 1 atom stereocenters. The van der Waals surface area contributed by atoms with E-state index in [1.165, 1.54) is 0 Å². The summed E-state index contributed by atoms with van der Waals surface area (Å²) in [7, 11) is 0. The lowest BCUT2D eigenvalue weighted by Crippen LogP contribution is -2.48. The molecule has 2 aliphatic heterocycles. The Kier molecular flexibility index (Phi) is 6.68. The van der Waals surface area contributed by atoms with Gasteiger partial charge in [0.25, 0.3) is 0 Å². The van der Waals surface area contributed by atoms with Crippen LogP contribution in [0.15, 0.2) is 18.2 Å². The van der Waals surface area contributed by atoms with E-state index in [2.05, 4.69) is 21.2 Å². The van der Waals surface area contributed by atoms with Gasteiger partial charge in [-0.25, -0.2) is 0 Å². The molecule has 2 aliphatic rings. The van der Waals surface area contributed by atoms with Crippen LogP contribution in [0.2, 0.25) is 0 Å². The first-order valence-electron chi connectivity index (χ1n) is 9.29. The van der Waals surface area contributed by atoms with Crippen molar-refractivity contribution in [2.45, 2.75) is 12.8 Å². The van der Waals surface area contributed by atoms with E-state index in [0.717, 1.165) is 32.7 Å². The number of hydrogen-bond acceptors (Lipinski definition) is 7. The smallest absolute Gasteiger partial charge is 0.308 e. The lowest BCUT2D eigenvalue weighted by Gasteiger charge is -2.35. The molecule has 9 nitrogen and oxygen atoms in total. The molecule has 1 saturated heterocycles. The number of rotatable bonds is 8. The maximum Gasteiger partial charge on any atom is 0.308 e. The number of hydrogen-bond donors (Lipinski definition) is 2. The fourth-order valence-electron chi connectivity index (χ4n) is 3.36. The number of carbonyl (C=O) groups excluding carboxylic acids is 1. The van der Waals surface area contributed by atoms with Gasteiger partial charge in [-0.3, -0.25) is 19.4 Å². The Morgan fingerprint density at radius 2 is 1.89 bits per heavy atom. The second-order valence-corrected chi connectivity index (χ2v) is 6.91. The molecule has 1 aromatic carbocycles. The predicted molar refractivity (Wildman–Crippen MR) is 100 cm³/mol. The third kappa shape index (κ3) is 5.34. The van der Waals surface area contributed by atoms with Gasteiger partial charge in [-0.15, -0.1) is 0 Å². The van der Waals surface area contributed by atoms with E-state index in [0.29, 0.717) is 30.2 Å². The lowest BCUT2D eigenvalue weighted by molar-refractivity contribution is -0.144. The molecule has 2 N–H and O–H groups in total. The SMILES string of the molecule is N#CCCN1CCN(C[C@H](CC(=O)Nc2ccc3c(c2)OCO3)C(=O)O)CC1. The van der Waals surface area contributed by atoms with Crippen LogP contribution in [0.5, 0.6) is 11.5 Å². The van der Waals surface area contributed by atoms with E-state index in [9.17, 15) is 14.7 Å². The topological polar surface area (TPSA) is 115 Å². The standard InChI is InChI=1S/C19H24N4O5/c20-4-1-5-22-6-8-23(9-7-22)12-14(19(25)26)10-18(24)21-15-2-3-16-17(11-15)28-13-27-16/h2-3,11,14H,1,5-10,12-13H2,(H,21,24)(H,25,26)/t14-/m0/s1. The Balaban J connectivity index is 1.48. The Labute approximate surface area is 163 Å². The molecule has 0 bridgehead atoms. The molecule has 2 heterocycles. The van der Waals surface area contributed by atoms with Gasteiger partial charge >= 0.3 is 5.97 Å². The molecule has 0 unspecified atom stereocenters. The van der Waals surface area contributed by atoms with E-state index in [1.54, 1.807) is 18.2 Å². The van der Waals surface area contributed by atoms with Crippen LogP contribution in [0.1, 0.15) is 12.8 Å². The van der Waals surface area contributed by atoms with Crippen LogP contribution >= 0.6 is 0 Å². The molecule has 1 amide bonds. The maximum absolute atomic E-state index is 12.3. The van der Waals surface area contributed by atoms with Gasteiger partial charge in [-0.2, -0.15) is 5.26 Å². The van der Waals surface area contributed by atoms with Crippen molar-refractivity contribution < 1.29 is 24.2 Å². The zero-order valence-corrected chi connectivity index (χ0v) is 15.6. The average molecular weight is 388 g/mol. The summed E-state index contributed by atoms with van der Waals surface area (Å²) in [5, 5.41) is 20.9. The fourth-order valence-corrected chi connectivity index (χ4v) is 3.36. The number of carbonyl (C=O) groups is 2. The number of piperazine rings is 1. The van der Waals surface area contributed by atoms with Crippen LogP contribution in [0.25, 0.3) is 0 Å². The van der Waals surface area contributed by atoms with E-state index < -0.39 is 11.9 Å². The molecule has 150 valence electrons. The summed E-state index contributed by atoms with van der Waals surface area (Å²) >= 11 is 0. The number of nitrogens with one attached hydrogen (secondary N) is 1. The summed E-state index contributed by atoms with van der Waals surface area (Å²) in [5.74, 6) is -0.927. The largest absolute Gasteiger partial charge is 0.481 e. The average Bonchev–Trinajstić information content (AvgIpc) is 3.14. The van der Waals surface area contributed by atoms with E-state index in [-0.39, 0.29) is 19.1 Å². The number of fused-ring (bicyclic) bond motifs is 1. The van der Waals surface area contributed by atoms with Crippen LogP contribution in [0, 0.1) is 17.2 Å². The van der Waals surface area contributed by atoms with E-state index in [1.807, 2.05) is 0 Å². The number of ether oxygens (including phenoxy) is 2. The minimum Gasteiger partial charge on any atom is -0.481 e. The van der Waals surface area contributed by atoms with Crippen molar-refractivity contribution in [2.24, 2.45) is 5.92 Å². The summed E-state index contributed by atoms with van der Waals surface area (Å²) < 4.78 is 10.5. The third-order valence-corrected chi connectivity index (χ3v) is 4.92. The number of aliphatic carboxylic acids is 1. The molecular formula is C19H24N4O5. The molecule has 0 aromatic heterocycles. The third-order valence-electron chi connectivity index (χ3n) is 4.92. The van der Waals surface area contributed by atoms with E-state index >= 15 is 0 Å². The van der Waals surface area contributed by atoms with Gasteiger partial charge in [0.1, 0.15) is 0 Å². The summed E-state index contributed by atoms with van der Waals surface area (Å²) in [6.07, 6.45) is 0.399. The molecule has 0 spiro atoms. The quantitative estimate of drug-likeness (QED) is 0.677. The first-order chi connectivity index (χ1) is 13.5. The normalized spacial score (nSPS) is 17.7. The highest BCUT2D eigenvalue weighted by Gasteiger charge is 2.26. The number of nitriles is 1. The molecule has 1 aromatic rings. The number of anilines is 1. The van der Waals surface area contributed by atoms with Gasteiger partial charge in [0.15, 0.2) is 11.5 Å². The zero-order chi connectivity index (χ0) is 19.9. The van der Waals surface area contributed by atoms with Gasteiger partial charge in [0.2, 0.25) is 12.7 Å². The predicted octanol–water partition coefficient (Wildman–Crippen LogP) is 0.976. The van der Waals surface area contributed by atoms with E-state index in [4.69, 9.17) is 14.7 Å². The number of amides is 1. The van der Waals surface area contributed by atoms with Gasteiger partial charge in [0, 0.05) is 63.9 Å². The minimum atomic E-state index is -0.979. The molecule has 1 fully saturated rings. The lowest BCUT2D eigenvalue weighted by atomic mass is 10.0. The molecule has 0 saturated carbocycles. The monoisotopic (exact) mass is 388 g/mol. The summed E-state index contributed by atoms with van der Waals surface area (Å²) in [4.78, 5) is 28.2. The van der Waals surface area contributed by atoms with Crippen molar-refractivity contribution in [3.63, 3.8) is 0 Å².